The third kappa shape index (κ3) is 5.96. The fourth-order valence-electron chi connectivity index (χ4n) is 4.67. The highest BCUT2D eigenvalue weighted by Gasteiger charge is 2.36. The number of rotatable bonds is 12. The molecule has 0 spiro atoms. The van der Waals surface area contributed by atoms with Gasteiger partial charge in [-0.05, 0) is 67.7 Å². The largest absolute Gasteiger partial charge is 0.497 e. The zero-order chi connectivity index (χ0) is 24.3. The number of methoxy groups -OCH3 is 1. The number of ketones is 2. The van der Waals surface area contributed by atoms with E-state index in [4.69, 9.17) is 4.74 Å². The molecule has 1 heterocycles. The number of fused-ring (bicyclic) bond motifs is 1. The van der Waals surface area contributed by atoms with Crippen LogP contribution in [0.15, 0.2) is 29.2 Å². The highest BCUT2D eigenvalue weighted by molar-refractivity contribution is 7.89. The quantitative estimate of drug-likeness (QED) is 0.467. The first-order valence-corrected chi connectivity index (χ1v) is 14.4. The second-order valence-corrected chi connectivity index (χ2v) is 12.3. The summed E-state index contributed by atoms with van der Waals surface area (Å²) in [6.45, 7) is 2.29. The summed E-state index contributed by atoms with van der Waals surface area (Å²) in [5.74, 6) is 1.28. The number of carbonyl (C=O) groups is 2. The van der Waals surface area contributed by atoms with Crippen LogP contribution < -0.4 is 9.46 Å². The third-order valence-corrected chi connectivity index (χ3v) is 9.67. The molecule has 0 bridgehead atoms. The minimum Gasteiger partial charge on any atom is -0.497 e. The molecule has 1 saturated carbocycles. The average molecular weight is 504 g/mol. The molecule has 1 unspecified atom stereocenters. The maximum atomic E-state index is 13.2. The lowest BCUT2D eigenvalue weighted by Gasteiger charge is -2.23. The number of aryl methyl sites for hydroxylation is 1. The summed E-state index contributed by atoms with van der Waals surface area (Å²) in [7, 11) is -2.09. The van der Waals surface area contributed by atoms with Gasteiger partial charge in [0.2, 0.25) is 10.0 Å². The molecule has 2 aliphatic carbocycles. The molecule has 8 heteroatoms. The van der Waals surface area contributed by atoms with Crippen LogP contribution in [0.3, 0.4) is 0 Å². The van der Waals surface area contributed by atoms with E-state index in [9.17, 15) is 18.0 Å². The van der Waals surface area contributed by atoms with Gasteiger partial charge in [0.15, 0.2) is 0 Å². The van der Waals surface area contributed by atoms with Gasteiger partial charge in [0.25, 0.3) is 0 Å². The Hall–Kier alpha value is -2.03. The smallest absolute Gasteiger partial charge is 0.241 e. The number of Topliss-reactive ketones (excluding diaryl/α,β-unsaturated/α-hetero) is 2. The molecule has 0 aliphatic heterocycles. The normalized spacial score (nSPS) is 17.9. The van der Waals surface area contributed by atoms with E-state index in [0.717, 1.165) is 47.4 Å². The fraction of sp³-hybridized carbons (Fsp3) is 0.538. The Morgan fingerprint density at radius 1 is 1.12 bits per heavy atom. The van der Waals surface area contributed by atoms with Crippen LogP contribution in [0, 0.1) is 11.8 Å². The van der Waals surface area contributed by atoms with Crippen molar-refractivity contribution in [1.82, 2.24) is 4.72 Å². The molecule has 0 amide bonds. The van der Waals surface area contributed by atoms with E-state index in [1.807, 2.05) is 31.2 Å². The SMILES string of the molecule is CCCNS(=O)(=O)c1c(CC(=O)C2CC2)sc2c1CC(CC(=O)Cc1ccc(OC)cc1)CC2. The maximum absolute atomic E-state index is 13.2. The monoisotopic (exact) mass is 503 g/mol. The number of sulfonamides is 1. The number of hydrogen-bond donors (Lipinski definition) is 1. The summed E-state index contributed by atoms with van der Waals surface area (Å²) in [5.41, 5.74) is 1.78. The van der Waals surface area contributed by atoms with Crippen molar-refractivity contribution in [3.05, 3.63) is 45.1 Å². The van der Waals surface area contributed by atoms with Crippen molar-refractivity contribution >= 4 is 32.9 Å². The zero-order valence-electron chi connectivity index (χ0n) is 19.9. The Morgan fingerprint density at radius 3 is 2.50 bits per heavy atom. The van der Waals surface area contributed by atoms with Gasteiger partial charge in [-0.2, -0.15) is 0 Å². The van der Waals surface area contributed by atoms with Crippen molar-refractivity contribution in [3.63, 3.8) is 0 Å². The molecule has 2 aromatic rings. The van der Waals surface area contributed by atoms with Crippen LogP contribution >= 0.6 is 11.3 Å². The standard InChI is InChI=1S/C26H33NO5S2/c1-3-12-27-34(30,31)26-22-15-18(14-20(28)13-17-4-9-21(32-2)10-5-17)6-11-24(22)33-25(26)16-23(29)19-7-8-19/h4-5,9-10,18-19,27H,3,6-8,11-16H2,1-2H3. The van der Waals surface area contributed by atoms with Crippen LogP contribution in [0.2, 0.25) is 0 Å². The van der Waals surface area contributed by atoms with Gasteiger partial charge in [0.05, 0.1) is 12.0 Å². The lowest BCUT2D eigenvalue weighted by Crippen LogP contribution is -2.27. The average Bonchev–Trinajstić information content (AvgIpc) is 3.60. The lowest BCUT2D eigenvalue weighted by molar-refractivity contribution is -0.120. The van der Waals surface area contributed by atoms with Crippen LogP contribution in [-0.2, 0) is 45.3 Å². The van der Waals surface area contributed by atoms with E-state index in [0.29, 0.717) is 42.0 Å². The molecule has 184 valence electrons. The van der Waals surface area contributed by atoms with Crippen molar-refractivity contribution in [1.29, 1.82) is 0 Å². The number of benzene rings is 1. The van der Waals surface area contributed by atoms with Gasteiger partial charge in [-0.1, -0.05) is 19.1 Å². The molecular formula is C26H33NO5S2. The minimum atomic E-state index is -3.70. The summed E-state index contributed by atoms with van der Waals surface area (Å²) < 4.78 is 34.4. The Labute approximate surface area is 206 Å². The van der Waals surface area contributed by atoms with Gasteiger partial charge in [-0.25, -0.2) is 13.1 Å². The zero-order valence-corrected chi connectivity index (χ0v) is 21.5. The molecule has 2 aliphatic rings. The van der Waals surface area contributed by atoms with Crippen LogP contribution in [-0.4, -0.2) is 33.6 Å². The molecule has 0 radical (unpaired) electrons. The van der Waals surface area contributed by atoms with Gasteiger partial charge >= 0.3 is 0 Å². The fourth-order valence-corrected chi connectivity index (χ4v) is 7.97. The van der Waals surface area contributed by atoms with Crippen molar-refractivity contribution in [2.24, 2.45) is 11.8 Å². The van der Waals surface area contributed by atoms with Gasteiger partial charge in [0.1, 0.15) is 17.3 Å². The number of hydrogen-bond acceptors (Lipinski definition) is 6. The van der Waals surface area contributed by atoms with E-state index in [-0.39, 0.29) is 29.8 Å². The molecule has 4 rings (SSSR count). The molecule has 1 fully saturated rings. The predicted octanol–water partition coefficient (Wildman–Crippen LogP) is 4.27. The first kappa shape index (κ1) is 25.1. The molecule has 1 atom stereocenters. The molecule has 34 heavy (non-hydrogen) atoms. The molecule has 1 N–H and O–H groups in total. The van der Waals surface area contributed by atoms with Gasteiger partial charge in [0, 0.05) is 41.5 Å². The molecule has 1 aromatic carbocycles. The van der Waals surface area contributed by atoms with Crippen LogP contribution in [0.25, 0.3) is 0 Å². The summed E-state index contributed by atoms with van der Waals surface area (Å²) in [6, 6.07) is 7.52. The minimum absolute atomic E-state index is 0.0987. The molecule has 6 nitrogen and oxygen atoms in total. The highest BCUT2D eigenvalue weighted by atomic mass is 32.2. The first-order valence-electron chi connectivity index (χ1n) is 12.1. The second kappa shape index (κ2) is 10.7. The van der Waals surface area contributed by atoms with Gasteiger partial charge < -0.3 is 4.74 Å². The summed E-state index contributed by atoms with van der Waals surface area (Å²) >= 11 is 1.49. The van der Waals surface area contributed by atoms with Crippen molar-refractivity contribution in [2.45, 2.75) is 69.6 Å². The Kier molecular flexibility index (Phi) is 7.90. The van der Waals surface area contributed by atoms with Crippen molar-refractivity contribution in [2.75, 3.05) is 13.7 Å². The third-order valence-electron chi connectivity index (χ3n) is 6.64. The van der Waals surface area contributed by atoms with E-state index >= 15 is 0 Å². The van der Waals surface area contributed by atoms with Crippen molar-refractivity contribution in [3.8, 4) is 5.75 Å². The Balaban J connectivity index is 1.51. The van der Waals surface area contributed by atoms with E-state index in [1.54, 1.807) is 7.11 Å². The molecular weight excluding hydrogens is 470 g/mol. The second-order valence-electron chi connectivity index (χ2n) is 9.45. The molecule has 1 aromatic heterocycles. The Bertz CT molecular complexity index is 1150. The molecule has 0 saturated heterocycles. The number of thiophene rings is 1. The summed E-state index contributed by atoms with van der Waals surface area (Å²) in [4.78, 5) is 27.4. The highest BCUT2D eigenvalue weighted by Crippen LogP contribution is 2.41. The van der Waals surface area contributed by atoms with Crippen LogP contribution in [0.5, 0.6) is 5.75 Å². The van der Waals surface area contributed by atoms with Gasteiger partial charge in [-0.15, -0.1) is 11.3 Å². The summed E-state index contributed by atoms with van der Waals surface area (Å²) in [5, 5.41) is 0. The topological polar surface area (TPSA) is 89.5 Å². The van der Waals surface area contributed by atoms with Crippen LogP contribution in [0.1, 0.15) is 59.9 Å². The maximum Gasteiger partial charge on any atom is 0.241 e. The number of ether oxygens (including phenoxy) is 1. The van der Waals surface area contributed by atoms with E-state index in [1.165, 1.54) is 11.3 Å². The van der Waals surface area contributed by atoms with E-state index < -0.39 is 10.0 Å². The number of nitrogens with one attached hydrogen (secondary N) is 1. The summed E-state index contributed by atoms with van der Waals surface area (Å²) in [6.07, 6.45) is 5.71. The van der Waals surface area contributed by atoms with Gasteiger partial charge in [-0.3, -0.25) is 9.59 Å². The predicted molar refractivity (Wildman–Crippen MR) is 133 cm³/mol. The first-order chi connectivity index (χ1) is 16.3. The lowest BCUT2D eigenvalue weighted by atomic mass is 9.84. The van der Waals surface area contributed by atoms with Crippen molar-refractivity contribution < 1.29 is 22.7 Å². The van der Waals surface area contributed by atoms with E-state index in [2.05, 4.69) is 4.72 Å². The number of carbonyl (C=O) groups excluding carboxylic acids is 2. The van der Waals surface area contributed by atoms with Crippen LogP contribution in [0.4, 0.5) is 0 Å². The Morgan fingerprint density at radius 2 is 1.85 bits per heavy atom.